The largest absolute Gasteiger partial charge is 0.483 e. The maximum atomic E-state index is 12.3. The van der Waals surface area contributed by atoms with E-state index in [2.05, 4.69) is 10.3 Å². The summed E-state index contributed by atoms with van der Waals surface area (Å²) in [6.07, 6.45) is 0. The number of rotatable bonds is 7. The highest BCUT2D eigenvalue weighted by atomic mass is 32.2. The molecule has 2 aromatic carbocycles. The van der Waals surface area contributed by atoms with Gasteiger partial charge in [-0.05, 0) is 56.2 Å². The van der Waals surface area contributed by atoms with Gasteiger partial charge in [0.05, 0.1) is 5.69 Å². The molecule has 0 aliphatic heterocycles. The maximum absolute atomic E-state index is 12.3. The fourth-order valence-corrected chi connectivity index (χ4v) is 4.09. The molecule has 2 aromatic heterocycles. The van der Waals surface area contributed by atoms with Gasteiger partial charge in [-0.2, -0.15) is 0 Å². The van der Waals surface area contributed by atoms with Crippen LogP contribution in [0.3, 0.4) is 0 Å². The molecule has 0 saturated heterocycles. The molecule has 0 spiro atoms. The average molecular weight is 450 g/mol. The van der Waals surface area contributed by atoms with E-state index in [4.69, 9.17) is 9.26 Å². The van der Waals surface area contributed by atoms with E-state index in [1.807, 2.05) is 56.3 Å². The van der Waals surface area contributed by atoms with Gasteiger partial charge in [-0.3, -0.25) is 9.59 Å². The number of hydrogen-bond acceptors (Lipinski definition) is 6. The Hall–Kier alpha value is -3.52. The van der Waals surface area contributed by atoms with Gasteiger partial charge in [0, 0.05) is 28.5 Å². The quantitative estimate of drug-likeness (QED) is 0.418. The van der Waals surface area contributed by atoms with Gasteiger partial charge in [-0.1, -0.05) is 18.2 Å². The lowest BCUT2D eigenvalue weighted by molar-refractivity contribution is -0.118. The summed E-state index contributed by atoms with van der Waals surface area (Å²) in [5, 5.41) is 2.84. The highest BCUT2D eigenvalue weighted by Gasteiger charge is 2.09. The van der Waals surface area contributed by atoms with Crippen molar-refractivity contribution >= 4 is 29.0 Å². The van der Waals surface area contributed by atoms with Crippen LogP contribution in [0.25, 0.3) is 5.65 Å². The summed E-state index contributed by atoms with van der Waals surface area (Å²) in [7, 11) is 0. The number of anilines is 1. The van der Waals surface area contributed by atoms with Crippen molar-refractivity contribution in [3.63, 3.8) is 0 Å². The summed E-state index contributed by atoms with van der Waals surface area (Å²) in [6, 6.07) is 16.6. The first kappa shape index (κ1) is 21.7. The number of carbonyl (C=O) groups excluding carboxylic acids is 1. The van der Waals surface area contributed by atoms with Gasteiger partial charge >= 0.3 is 0 Å². The summed E-state index contributed by atoms with van der Waals surface area (Å²) >= 11 is 1.56. The molecule has 0 aliphatic carbocycles. The summed E-state index contributed by atoms with van der Waals surface area (Å²) in [5.41, 5.74) is 3.64. The minimum Gasteiger partial charge on any atom is -0.483 e. The van der Waals surface area contributed by atoms with Crippen LogP contribution in [0.4, 0.5) is 5.69 Å². The van der Waals surface area contributed by atoms with Gasteiger partial charge in [0.15, 0.2) is 12.3 Å². The van der Waals surface area contributed by atoms with Crippen LogP contribution in [-0.4, -0.2) is 22.1 Å². The van der Waals surface area contributed by atoms with Crippen molar-refractivity contribution in [3.05, 3.63) is 87.5 Å². The Kier molecular flexibility index (Phi) is 6.32. The fourth-order valence-electron chi connectivity index (χ4n) is 3.30. The number of hydrogen-bond donors (Lipinski definition) is 1. The third kappa shape index (κ3) is 5.03. The molecule has 2 heterocycles. The highest BCUT2D eigenvalue weighted by molar-refractivity contribution is 7.98. The molecule has 1 N–H and O–H groups in total. The van der Waals surface area contributed by atoms with Crippen LogP contribution in [0.15, 0.2) is 68.8 Å². The highest BCUT2D eigenvalue weighted by Crippen LogP contribution is 2.24. The molecule has 0 saturated carbocycles. The second-order valence-corrected chi connectivity index (χ2v) is 8.50. The maximum Gasteiger partial charge on any atom is 0.287 e. The molecule has 1 amide bonds. The van der Waals surface area contributed by atoms with Gasteiger partial charge in [0.1, 0.15) is 11.5 Å². The van der Waals surface area contributed by atoms with E-state index in [0.29, 0.717) is 28.5 Å². The number of ether oxygens (including phenoxy) is 1. The van der Waals surface area contributed by atoms with Crippen molar-refractivity contribution in [3.8, 4) is 5.75 Å². The van der Waals surface area contributed by atoms with Crippen molar-refractivity contribution in [2.24, 2.45) is 0 Å². The lowest BCUT2D eigenvalue weighted by Gasteiger charge is -2.12. The Morgan fingerprint density at radius 3 is 2.53 bits per heavy atom. The Morgan fingerprint density at radius 1 is 1.09 bits per heavy atom. The van der Waals surface area contributed by atoms with Crippen molar-refractivity contribution in [1.29, 1.82) is 0 Å². The van der Waals surface area contributed by atoms with E-state index in [0.717, 1.165) is 21.8 Å². The van der Waals surface area contributed by atoms with Crippen LogP contribution < -0.4 is 15.6 Å². The lowest BCUT2D eigenvalue weighted by Crippen LogP contribution is -2.20. The number of para-hydroxylation sites is 1. The molecule has 4 rings (SSSR count). The van der Waals surface area contributed by atoms with E-state index in [-0.39, 0.29) is 18.1 Å². The van der Waals surface area contributed by atoms with E-state index in [1.165, 1.54) is 10.6 Å². The molecule has 164 valence electrons. The average Bonchev–Trinajstić information content (AvgIpc) is 3.14. The number of nitrogens with one attached hydrogen (secondary N) is 1. The Balaban J connectivity index is 1.32. The molecule has 0 aliphatic rings. The molecule has 0 unspecified atom stereocenters. The number of carbonyl (C=O) groups is 1. The molecular weight excluding hydrogens is 426 g/mol. The van der Waals surface area contributed by atoms with Crippen molar-refractivity contribution in [2.75, 3.05) is 11.9 Å². The predicted octanol–water partition coefficient (Wildman–Crippen LogP) is 4.52. The Labute approximate surface area is 189 Å². The monoisotopic (exact) mass is 449 g/mol. The number of benzene rings is 2. The summed E-state index contributed by atoms with van der Waals surface area (Å²) in [6.45, 7) is 5.63. The second kappa shape index (κ2) is 9.32. The number of nitrogens with zero attached hydrogens (tertiary/aromatic N) is 2. The van der Waals surface area contributed by atoms with Gasteiger partial charge < -0.3 is 14.6 Å². The van der Waals surface area contributed by atoms with Gasteiger partial charge in [0.2, 0.25) is 0 Å². The summed E-state index contributed by atoms with van der Waals surface area (Å²) < 4.78 is 12.2. The van der Waals surface area contributed by atoms with Crippen molar-refractivity contribution < 1.29 is 14.1 Å². The first-order valence-electron chi connectivity index (χ1n) is 10.1. The number of aryl methyl sites for hydroxylation is 3. The van der Waals surface area contributed by atoms with Crippen molar-refractivity contribution in [2.45, 2.75) is 31.4 Å². The van der Waals surface area contributed by atoms with Gasteiger partial charge in [0.25, 0.3) is 11.5 Å². The van der Waals surface area contributed by atoms with E-state index in [1.54, 1.807) is 24.8 Å². The lowest BCUT2D eigenvalue weighted by atomic mass is 10.1. The fraction of sp³-hybridized carbons (Fsp3) is 0.208. The molecular formula is C24H23N3O4S. The van der Waals surface area contributed by atoms with E-state index < -0.39 is 0 Å². The number of amides is 1. The molecule has 0 radical (unpaired) electrons. The van der Waals surface area contributed by atoms with E-state index in [9.17, 15) is 9.59 Å². The van der Waals surface area contributed by atoms with Gasteiger partial charge in [-0.15, -0.1) is 16.3 Å². The molecule has 7 nitrogen and oxygen atoms in total. The molecule has 4 aromatic rings. The molecule has 32 heavy (non-hydrogen) atoms. The third-order valence-electron chi connectivity index (χ3n) is 4.81. The first-order valence-corrected chi connectivity index (χ1v) is 11.1. The van der Waals surface area contributed by atoms with Crippen LogP contribution in [0.5, 0.6) is 5.75 Å². The SMILES string of the molecule is Cc1cc2nc(CSc3ccc(NC(=O)COc4c(C)cccc4C)cc3)cc(=O)n2o1. The van der Waals surface area contributed by atoms with Gasteiger partial charge in [-0.25, -0.2) is 4.98 Å². The van der Waals surface area contributed by atoms with E-state index >= 15 is 0 Å². The second-order valence-electron chi connectivity index (χ2n) is 7.46. The topological polar surface area (TPSA) is 85.8 Å². The Morgan fingerprint density at radius 2 is 1.81 bits per heavy atom. The molecule has 0 fully saturated rings. The molecule has 0 bridgehead atoms. The minimum atomic E-state index is -0.236. The van der Waals surface area contributed by atoms with Crippen molar-refractivity contribution in [1.82, 2.24) is 9.56 Å². The minimum absolute atomic E-state index is 0.0562. The third-order valence-corrected chi connectivity index (χ3v) is 5.85. The summed E-state index contributed by atoms with van der Waals surface area (Å²) in [5.74, 6) is 1.70. The number of thioether (sulfide) groups is 1. The van der Waals surface area contributed by atoms with Crippen LogP contribution in [0, 0.1) is 20.8 Å². The standard InChI is InChI=1S/C24H23N3O4S/c1-15-5-4-6-16(2)24(15)30-13-22(28)26-18-7-9-20(10-8-18)32-14-19-12-23(29)27-21(25-19)11-17(3)31-27/h4-12H,13-14H2,1-3H3,(H,26,28). The summed E-state index contributed by atoms with van der Waals surface area (Å²) in [4.78, 5) is 29.8. The molecule has 8 heteroatoms. The number of aromatic nitrogens is 2. The zero-order chi connectivity index (χ0) is 22.7. The Bertz CT molecular complexity index is 1310. The normalized spacial score (nSPS) is 11.0. The van der Waals surface area contributed by atoms with Crippen LogP contribution in [0.1, 0.15) is 22.6 Å². The predicted molar refractivity (Wildman–Crippen MR) is 125 cm³/mol. The molecule has 0 atom stereocenters. The van der Waals surface area contributed by atoms with Crippen LogP contribution >= 0.6 is 11.8 Å². The number of fused-ring (bicyclic) bond motifs is 1. The first-order chi connectivity index (χ1) is 15.4. The zero-order valence-corrected chi connectivity index (χ0v) is 18.9. The van der Waals surface area contributed by atoms with Crippen LogP contribution in [0.2, 0.25) is 0 Å². The zero-order valence-electron chi connectivity index (χ0n) is 18.0. The van der Waals surface area contributed by atoms with Crippen LogP contribution in [-0.2, 0) is 10.5 Å². The smallest absolute Gasteiger partial charge is 0.287 e.